The highest BCUT2D eigenvalue weighted by Crippen LogP contribution is 2.23. The van der Waals surface area contributed by atoms with Gasteiger partial charge in [-0.25, -0.2) is 0 Å². The van der Waals surface area contributed by atoms with E-state index in [1.54, 1.807) is 18.2 Å². The summed E-state index contributed by atoms with van der Waals surface area (Å²) in [6.45, 7) is 2.57. The summed E-state index contributed by atoms with van der Waals surface area (Å²) in [5.74, 6) is 0.914. The van der Waals surface area contributed by atoms with Crippen molar-refractivity contribution in [3.63, 3.8) is 0 Å². The van der Waals surface area contributed by atoms with Crippen molar-refractivity contribution in [1.82, 2.24) is 0 Å². The van der Waals surface area contributed by atoms with Gasteiger partial charge in [0.1, 0.15) is 12.4 Å². The molecule has 0 unspecified atom stereocenters. The zero-order chi connectivity index (χ0) is 18.8. The summed E-state index contributed by atoms with van der Waals surface area (Å²) < 4.78 is 5.81. The van der Waals surface area contributed by atoms with Crippen molar-refractivity contribution in [1.29, 1.82) is 0 Å². The van der Waals surface area contributed by atoms with Gasteiger partial charge in [-0.2, -0.15) is 0 Å². The summed E-state index contributed by atoms with van der Waals surface area (Å²) in [6.07, 6.45) is 8.56. The molecule has 0 aliphatic carbocycles. The first-order chi connectivity index (χ1) is 12.6. The lowest BCUT2D eigenvalue weighted by Gasteiger charge is -2.08. The SMILES string of the molecule is CCCCCCC(=O)/C=C/c1cccc(OCc2ccc(Cl)c(Cl)c2)c1. The maximum atomic E-state index is 11.9. The first kappa shape index (κ1) is 20.5. The van der Waals surface area contributed by atoms with Gasteiger partial charge in [-0.3, -0.25) is 4.79 Å². The highest BCUT2D eigenvalue weighted by atomic mass is 35.5. The van der Waals surface area contributed by atoms with Crippen molar-refractivity contribution >= 4 is 35.1 Å². The third-order valence-corrected chi connectivity index (χ3v) is 4.73. The maximum Gasteiger partial charge on any atom is 0.155 e. The van der Waals surface area contributed by atoms with Gasteiger partial charge in [0.05, 0.1) is 10.0 Å². The van der Waals surface area contributed by atoms with Crippen LogP contribution in [0, 0.1) is 0 Å². The lowest BCUT2D eigenvalue weighted by molar-refractivity contribution is -0.114. The van der Waals surface area contributed by atoms with Gasteiger partial charge in [-0.15, -0.1) is 0 Å². The van der Waals surface area contributed by atoms with Crippen LogP contribution in [-0.4, -0.2) is 5.78 Å². The monoisotopic (exact) mass is 390 g/mol. The maximum absolute atomic E-state index is 11.9. The van der Waals surface area contributed by atoms with Crippen LogP contribution >= 0.6 is 23.2 Å². The van der Waals surface area contributed by atoms with Crippen LogP contribution in [0.15, 0.2) is 48.5 Å². The van der Waals surface area contributed by atoms with E-state index in [0.29, 0.717) is 23.1 Å². The van der Waals surface area contributed by atoms with E-state index in [1.807, 2.05) is 36.4 Å². The molecule has 26 heavy (non-hydrogen) atoms. The second-order valence-electron chi connectivity index (χ2n) is 6.22. The van der Waals surface area contributed by atoms with Gasteiger partial charge >= 0.3 is 0 Å². The molecule has 0 aliphatic rings. The second-order valence-corrected chi connectivity index (χ2v) is 7.03. The van der Waals surface area contributed by atoms with Crippen LogP contribution in [0.3, 0.4) is 0 Å². The van der Waals surface area contributed by atoms with Gasteiger partial charge in [0.25, 0.3) is 0 Å². The highest BCUT2D eigenvalue weighted by molar-refractivity contribution is 6.42. The predicted octanol–water partition coefficient (Wildman–Crippen LogP) is 7.13. The molecule has 0 atom stereocenters. The molecule has 0 heterocycles. The van der Waals surface area contributed by atoms with Gasteiger partial charge in [-0.05, 0) is 47.9 Å². The number of ether oxygens (including phenoxy) is 1. The molecule has 0 saturated heterocycles. The molecule has 2 aromatic carbocycles. The van der Waals surface area contributed by atoms with E-state index in [0.717, 1.165) is 29.7 Å². The van der Waals surface area contributed by atoms with Gasteiger partial charge in [0.15, 0.2) is 5.78 Å². The first-order valence-electron chi connectivity index (χ1n) is 8.96. The zero-order valence-electron chi connectivity index (χ0n) is 15.0. The quantitative estimate of drug-likeness (QED) is 0.318. The smallest absolute Gasteiger partial charge is 0.155 e. The van der Waals surface area contributed by atoms with E-state index in [1.165, 1.54) is 12.8 Å². The Bertz CT molecular complexity index is 754. The summed E-state index contributed by atoms with van der Waals surface area (Å²) in [4.78, 5) is 11.9. The molecule has 0 radical (unpaired) electrons. The van der Waals surface area contributed by atoms with Crippen LogP contribution in [0.4, 0.5) is 0 Å². The molecule has 0 amide bonds. The van der Waals surface area contributed by atoms with Crippen LogP contribution < -0.4 is 4.74 Å². The molecule has 138 valence electrons. The number of hydrogen-bond donors (Lipinski definition) is 0. The van der Waals surface area contributed by atoms with Crippen LogP contribution in [0.25, 0.3) is 6.08 Å². The minimum absolute atomic E-state index is 0.170. The number of benzene rings is 2. The number of halogens is 2. The van der Waals surface area contributed by atoms with E-state index >= 15 is 0 Å². The van der Waals surface area contributed by atoms with Crippen molar-refractivity contribution in [3.05, 3.63) is 69.7 Å². The van der Waals surface area contributed by atoms with E-state index in [9.17, 15) is 4.79 Å². The summed E-state index contributed by atoms with van der Waals surface area (Å²) in [5, 5.41) is 1.05. The van der Waals surface area contributed by atoms with Crippen molar-refractivity contribution in [2.75, 3.05) is 0 Å². The second kappa shape index (κ2) is 11.1. The van der Waals surface area contributed by atoms with Crippen molar-refractivity contribution in [3.8, 4) is 5.75 Å². The third kappa shape index (κ3) is 7.23. The first-order valence-corrected chi connectivity index (χ1v) is 9.72. The molecule has 0 saturated carbocycles. The number of allylic oxidation sites excluding steroid dienone is 1. The van der Waals surface area contributed by atoms with Crippen molar-refractivity contribution in [2.45, 2.75) is 45.6 Å². The van der Waals surface area contributed by atoms with E-state index in [4.69, 9.17) is 27.9 Å². The topological polar surface area (TPSA) is 26.3 Å². The Morgan fingerprint density at radius 3 is 2.65 bits per heavy atom. The minimum atomic E-state index is 0.170. The molecule has 0 spiro atoms. The molecule has 0 N–H and O–H groups in total. The van der Waals surface area contributed by atoms with Gasteiger partial charge < -0.3 is 4.74 Å². The summed E-state index contributed by atoms with van der Waals surface area (Å²) in [6, 6.07) is 13.1. The largest absolute Gasteiger partial charge is 0.489 e. The average Bonchev–Trinajstić information content (AvgIpc) is 2.65. The zero-order valence-corrected chi connectivity index (χ0v) is 16.5. The van der Waals surface area contributed by atoms with Gasteiger partial charge in [0, 0.05) is 6.42 Å². The lowest BCUT2D eigenvalue weighted by Crippen LogP contribution is -1.96. The Balaban J connectivity index is 1.87. The number of hydrogen-bond acceptors (Lipinski definition) is 2. The summed E-state index contributed by atoms with van der Waals surface area (Å²) >= 11 is 11.9. The van der Waals surface area contributed by atoms with E-state index in [-0.39, 0.29) is 5.78 Å². The summed E-state index contributed by atoms with van der Waals surface area (Å²) in [7, 11) is 0. The molecule has 2 rings (SSSR count). The third-order valence-electron chi connectivity index (χ3n) is 3.99. The normalized spacial score (nSPS) is 11.0. The standard InChI is InChI=1S/C22H24Cl2O2/c1-2-3-4-5-8-19(25)12-10-17-7-6-9-20(14-17)26-16-18-11-13-21(23)22(24)15-18/h6-7,9-15H,2-5,8,16H2,1H3/b12-10+. The number of ketones is 1. The Morgan fingerprint density at radius 2 is 1.88 bits per heavy atom. The molecule has 4 heteroatoms. The van der Waals surface area contributed by atoms with E-state index < -0.39 is 0 Å². The van der Waals surface area contributed by atoms with Gasteiger partial charge in [0.2, 0.25) is 0 Å². The van der Waals surface area contributed by atoms with Crippen LogP contribution in [0.5, 0.6) is 5.75 Å². The molecule has 0 aromatic heterocycles. The highest BCUT2D eigenvalue weighted by Gasteiger charge is 2.02. The molecule has 2 nitrogen and oxygen atoms in total. The Hall–Kier alpha value is -1.77. The lowest BCUT2D eigenvalue weighted by atomic mass is 10.1. The van der Waals surface area contributed by atoms with Crippen LogP contribution in [0.1, 0.15) is 50.2 Å². The Labute approximate surface area is 165 Å². The number of unbranched alkanes of at least 4 members (excludes halogenated alkanes) is 3. The van der Waals surface area contributed by atoms with Crippen LogP contribution in [-0.2, 0) is 11.4 Å². The van der Waals surface area contributed by atoms with Crippen molar-refractivity contribution in [2.24, 2.45) is 0 Å². The fourth-order valence-electron chi connectivity index (χ4n) is 2.50. The number of carbonyl (C=O) groups is 1. The molecular formula is C22H24Cl2O2. The molecule has 0 bridgehead atoms. The fourth-order valence-corrected chi connectivity index (χ4v) is 2.82. The fraction of sp³-hybridized carbons (Fsp3) is 0.318. The molecule has 0 fully saturated rings. The molecule has 2 aromatic rings. The van der Waals surface area contributed by atoms with E-state index in [2.05, 4.69) is 6.92 Å². The molecule has 0 aliphatic heterocycles. The van der Waals surface area contributed by atoms with Crippen molar-refractivity contribution < 1.29 is 9.53 Å². The minimum Gasteiger partial charge on any atom is -0.489 e. The summed E-state index contributed by atoms with van der Waals surface area (Å²) in [5.41, 5.74) is 1.89. The molecular weight excluding hydrogens is 367 g/mol. The number of rotatable bonds is 10. The predicted molar refractivity (Wildman–Crippen MR) is 110 cm³/mol. The van der Waals surface area contributed by atoms with Gasteiger partial charge in [-0.1, -0.05) is 73.7 Å². The Kier molecular flexibility index (Phi) is 8.73. The average molecular weight is 391 g/mol. The number of carbonyl (C=O) groups excluding carboxylic acids is 1. The van der Waals surface area contributed by atoms with Crippen LogP contribution in [0.2, 0.25) is 10.0 Å². The Morgan fingerprint density at radius 1 is 1.04 bits per heavy atom.